The van der Waals surface area contributed by atoms with Crippen LogP contribution in [-0.2, 0) is 6.54 Å². The zero-order chi connectivity index (χ0) is 16.2. The lowest BCUT2D eigenvalue weighted by molar-refractivity contribution is 0.0946. The average Bonchev–Trinajstić information content (AvgIpc) is 3.05. The molecule has 0 saturated heterocycles. The predicted molar refractivity (Wildman–Crippen MR) is 91.4 cm³/mol. The molecule has 0 aliphatic heterocycles. The van der Waals surface area contributed by atoms with Gasteiger partial charge in [0.1, 0.15) is 5.69 Å². The predicted octanol–water partition coefficient (Wildman–Crippen LogP) is 3.97. The molecule has 4 nitrogen and oxygen atoms in total. The number of H-pyrrole nitrogens is 1. The van der Waals surface area contributed by atoms with Crippen LogP contribution >= 0.6 is 11.6 Å². The number of halogens is 1. The van der Waals surface area contributed by atoms with Crippen LogP contribution in [0.4, 0.5) is 0 Å². The molecule has 2 aromatic carbocycles. The first-order chi connectivity index (χ1) is 11.1. The molecular weight excluding hydrogens is 310 g/mol. The summed E-state index contributed by atoms with van der Waals surface area (Å²) in [5.41, 5.74) is 4.30. The van der Waals surface area contributed by atoms with E-state index < -0.39 is 0 Å². The van der Waals surface area contributed by atoms with Crippen LogP contribution in [0.2, 0.25) is 5.02 Å². The van der Waals surface area contributed by atoms with E-state index in [1.54, 1.807) is 18.2 Å². The number of aryl methyl sites for hydroxylation is 1. The maximum Gasteiger partial charge on any atom is 0.269 e. The molecule has 0 atom stereocenters. The molecular formula is C18H16ClN3O. The monoisotopic (exact) mass is 325 g/mol. The van der Waals surface area contributed by atoms with Crippen LogP contribution in [0, 0.1) is 6.92 Å². The van der Waals surface area contributed by atoms with Crippen LogP contribution in [-0.4, -0.2) is 16.1 Å². The number of hydrogen-bond donors (Lipinski definition) is 2. The summed E-state index contributed by atoms with van der Waals surface area (Å²) < 4.78 is 0. The molecule has 116 valence electrons. The van der Waals surface area contributed by atoms with Gasteiger partial charge >= 0.3 is 0 Å². The van der Waals surface area contributed by atoms with Crippen molar-refractivity contribution in [3.05, 3.63) is 76.4 Å². The highest BCUT2D eigenvalue weighted by Gasteiger charge is 2.10. The number of nitrogens with zero attached hydrogens (tertiary/aromatic N) is 1. The number of nitrogens with one attached hydrogen (secondary N) is 2. The number of hydrogen-bond acceptors (Lipinski definition) is 2. The third-order valence-corrected chi connectivity index (χ3v) is 3.79. The van der Waals surface area contributed by atoms with Crippen molar-refractivity contribution in [3.63, 3.8) is 0 Å². The van der Waals surface area contributed by atoms with E-state index in [1.807, 2.05) is 43.3 Å². The van der Waals surface area contributed by atoms with E-state index >= 15 is 0 Å². The van der Waals surface area contributed by atoms with Gasteiger partial charge in [0, 0.05) is 17.1 Å². The van der Waals surface area contributed by atoms with E-state index in [4.69, 9.17) is 11.6 Å². The van der Waals surface area contributed by atoms with Gasteiger partial charge < -0.3 is 5.32 Å². The molecule has 0 spiro atoms. The summed E-state index contributed by atoms with van der Waals surface area (Å²) in [4.78, 5) is 12.2. The smallest absolute Gasteiger partial charge is 0.269 e. The normalized spacial score (nSPS) is 10.5. The zero-order valence-electron chi connectivity index (χ0n) is 12.6. The van der Waals surface area contributed by atoms with Crippen molar-refractivity contribution in [2.45, 2.75) is 13.5 Å². The summed E-state index contributed by atoms with van der Waals surface area (Å²) in [6.45, 7) is 2.51. The van der Waals surface area contributed by atoms with Crippen LogP contribution in [0.1, 0.15) is 21.6 Å². The molecule has 0 saturated carbocycles. The first-order valence-electron chi connectivity index (χ1n) is 7.27. The number of rotatable bonds is 4. The SMILES string of the molecule is Cc1ccc(CNC(=O)c2cc(-c3ccc(Cl)cc3)n[nH]2)cc1. The summed E-state index contributed by atoms with van der Waals surface area (Å²) in [7, 11) is 0. The Hall–Kier alpha value is -2.59. The Bertz CT molecular complexity index is 807. The molecule has 1 aromatic heterocycles. The van der Waals surface area contributed by atoms with Crippen LogP contribution in [0.3, 0.4) is 0 Å². The van der Waals surface area contributed by atoms with Crippen LogP contribution in [0.5, 0.6) is 0 Å². The standard InChI is InChI=1S/C18H16ClN3O/c1-12-2-4-13(5-3-12)11-20-18(23)17-10-16(21-22-17)14-6-8-15(19)9-7-14/h2-10H,11H2,1H3,(H,20,23)(H,21,22). The van der Waals surface area contributed by atoms with E-state index in [2.05, 4.69) is 15.5 Å². The van der Waals surface area contributed by atoms with E-state index in [-0.39, 0.29) is 5.91 Å². The summed E-state index contributed by atoms with van der Waals surface area (Å²) in [6.07, 6.45) is 0. The molecule has 23 heavy (non-hydrogen) atoms. The first-order valence-corrected chi connectivity index (χ1v) is 7.65. The molecule has 0 fully saturated rings. The maximum atomic E-state index is 12.2. The summed E-state index contributed by atoms with van der Waals surface area (Å²) >= 11 is 5.87. The minimum Gasteiger partial charge on any atom is -0.347 e. The van der Waals surface area contributed by atoms with Crippen molar-refractivity contribution >= 4 is 17.5 Å². The van der Waals surface area contributed by atoms with Gasteiger partial charge in [-0.25, -0.2) is 0 Å². The lowest BCUT2D eigenvalue weighted by Crippen LogP contribution is -2.23. The summed E-state index contributed by atoms with van der Waals surface area (Å²) in [6, 6.07) is 17.1. The van der Waals surface area contributed by atoms with E-state index in [1.165, 1.54) is 5.56 Å². The Morgan fingerprint density at radius 3 is 2.52 bits per heavy atom. The number of carbonyl (C=O) groups excluding carboxylic acids is 1. The number of aromatic amines is 1. The fraction of sp³-hybridized carbons (Fsp3) is 0.111. The number of aromatic nitrogens is 2. The molecule has 0 bridgehead atoms. The third-order valence-electron chi connectivity index (χ3n) is 3.54. The highest BCUT2D eigenvalue weighted by molar-refractivity contribution is 6.30. The van der Waals surface area contributed by atoms with Crippen LogP contribution < -0.4 is 5.32 Å². The van der Waals surface area contributed by atoms with Gasteiger partial charge in [-0.15, -0.1) is 0 Å². The molecule has 2 N–H and O–H groups in total. The van der Waals surface area contributed by atoms with Gasteiger partial charge in [0.05, 0.1) is 5.69 Å². The van der Waals surface area contributed by atoms with Crippen molar-refractivity contribution in [3.8, 4) is 11.3 Å². The molecule has 1 heterocycles. The third kappa shape index (κ3) is 3.79. The van der Waals surface area contributed by atoms with E-state index in [9.17, 15) is 4.79 Å². The van der Waals surface area contributed by atoms with E-state index in [0.29, 0.717) is 23.0 Å². The lowest BCUT2D eigenvalue weighted by Gasteiger charge is -2.04. The number of carbonyl (C=O) groups is 1. The van der Waals surface area contributed by atoms with Crippen LogP contribution in [0.25, 0.3) is 11.3 Å². The zero-order valence-corrected chi connectivity index (χ0v) is 13.4. The number of benzene rings is 2. The van der Waals surface area contributed by atoms with Crippen molar-refractivity contribution in [2.75, 3.05) is 0 Å². The van der Waals surface area contributed by atoms with Gasteiger partial charge in [-0.05, 0) is 30.7 Å². The first kappa shape index (κ1) is 15.3. The van der Waals surface area contributed by atoms with Gasteiger partial charge in [-0.2, -0.15) is 5.10 Å². The molecule has 0 unspecified atom stereocenters. The minimum absolute atomic E-state index is 0.182. The largest absolute Gasteiger partial charge is 0.347 e. The molecule has 5 heteroatoms. The minimum atomic E-state index is -0.182. The van der Waals surface area contributed by atoms with Crippen molar-refractivity contribution in [2.24, 2.45) is 0 Å². The maximum absolute atomic E-state index is 12.2. The van der Waals surface area contributed by atoms with Gasteiger partial charge in [-0.3, -0.25) is 9.89 Å². The van der Waals surface area contributed by atoms with Crippen LogP contribution in [0.15, 0.2) is 54.6 Å². The molecule has 3 rings (SSSR count). The Kier molecular flexibility index (Phi) is 4.44. The summed E-state index contributed by atoms with van der Waals surface area (Å²) in [5, 5.41) is 10.5. The molecule has 0 radical (unpaired) electrons. The highest BCUT2D eigenvalue weighted by Crippen LogP contribution is 2.20. The number of amides is 1. The Balaban J connectivity index is 1.66. The second-order valence-electron chi connectivity index (χ2n) is 5.34. The van der Waals surface area contributed by atoms with Gasteiger partial charge in [-0.1, -0.05) is 53.6 Å². The molecule has 1 amide bonds. The van der Waals surface area contributed by atoms with Gasteiger partial charge in [0.15, 0.2) is 0 Å². The molecule has 0 aliphatic rings. The highest BCUT2D eigenvalue weighted by atomic mass is 35.5. The second kappa shape index (κ2) is 6.67. The lowest BCUT2D eigenvalue weighted by atomic mass is 10.1. The summed E-state index contributed by atoms with van der Waals surface area (Å²) in [5.74, 6) is -0.182. The topological polar surface area (TPSA) is 57.8 Å². The Morgan fingerprint density at radius 1 is 1.13 bits per heavy atom. The Labute approximate surface area is 139 Å². The molecule has 0 aliphatic carbocycles. The van der Waals surface area contributed by atoms with Crippen molar-refractivity contribution in [1.82, 2.24) is 15.5 Å². The van der Waals surface area contributed by atoms with Crippen molar-refractivity contribution < 1.29 is 4.79 Å². The van der Waals surface area contributed by atoms with E-state index in [0.717, 1.165) is 11.1 Å². The fourth-order valence-corrected chi connectivity index (χ4v) is 2.32. The van der Waals surface area contributed by atoms with Crippen molar-refractivity contribution in [1.29, 1.82) is 0 Å². The second-order valence-corrected chi connectivity index (χ2v) is 5.78. The van der Waals surface area contributed by atoms with Gasteiger partial charge in [0.25, 0.3) is 5.91 Å². The molecule has 3 aromatic rings. The fourth-order valence-electron chi connectivity index (χ4n) is 2.19. The average molecular weight is 326 g/mol. The van der Waals surface area contributed by atoms with Gasteiger partial charge in [0.2, 0.25) is 0 Å². The quantitative estimate of drug-likeness (QED) is 0.762. The Morgan fingerprint density at radius 2 is 1.83 bits per heavy atom.